The van der Waals surface area contributed by atoms with Crippen molar-refractivity contribution in [2.75, 3.05) is 0 Å². The van der Waals surface area contributed by atoms with Gasteiger partial charge in [-0.2, -0.15) is 0 Å². The van der Waals surface area contributed by atoms with E-state index in [0.717, 1.165) is 22.7 Å². The Morgan fingerprint density at radius 3 is 1.53 bits per heavy atom. The molecular weight excluding hydrogens is 247 g/mol. The van der Waals surface area contributed by atoms with Gasteiger partial charge in [-0.15, -0.1) is 22.7 Å². The summed E-state index contributed by atoms with van der Waals surface area (Å²) in [5.74, 6) is -1.95. The van der Waals surface area contributed by atoms with Crippen LogP contribution >= 0.6 is 22.7 Å². The summed E-state index contributed by atoms with van der Waals surface area (Å²) in [6.07, 6.45) is 0. The molecule has 0 radical (unpaired) electrons. The number of hydrogen-bond acceptors (Lipinski definition) is 4. The van der Waals surface area contributed by atoms with E-state index >= 15 is 0 Å². The molecule has 0 spiro atoms. The Morgan fingerprint density at radius 2 is 1.27 bits per heavy atom. The molecule has 0 aliphatic heterocycles. The van der Waals surface area contributed by atoms with Crippen molar-refractivity contribution in [1.82, 2.24) is 0 Å². The van der Waals surface area contributed by atoms with E-state index in [1.165, 1.54) is 12.1 Å². The van der Waals surface area contributed by atoms with Gasteiger partial charge in [0, 0.05) is 9.40 Å². The minimum absolute atomic E-state index is 0. The van der Waals surface area contributed by atoms with Gasteiger partial charge in [0.15, 0.2) is 0 Å². The molecule has 0 aliphatic carbocycles. The predicted molar refractivity (Wildman–Crippen MR) is 60.8 cm³/mol. The zero-order valence-corrected chi connectivity index (χ0v) is 8.32. The third kappa shape index (κ3) is 2.40. The van der Waals surface area contributed by atoms with Gasteiger partial charge in [0.1, 0.15) is 9.75 Å². The Kier molecular flexibility index (Phi) is 3.91. The zero-order chi connectivity index (χ0) is 10.3. The van der Waals surface area contributed by atoms with Crippen molar-refractivity contribution >= 4 is 73.6 Å². The summed E-state index contributed by atoms with van der Waals surface area (Å²) in [7, 11) is 0. The maximum atomic E-state index is 10.6. The van der Waals surface area contributed by atoms with Crippen molar-refractivity contribution in [3.8, 4) is 0 Å². The zero-order valence-electron chi connectivity index (χ0n) is 6.68. The molecule has 0 aromatic carbocycles. The van der Waals surface area contributed by atoms with Gasteiger partial charge in [-0.3, -0.25) is 0 Å². The van der Waals surface area contributed by atoms with E-state index in [1.807, 2.05) is 0 Å². The van der Waals surface area contributed by atoms with E-state index in [2.05, 4.69) is 0 Å². The molecule has 7 heteroatoms. The molecule has 0 fully saturated rings. The molecule has 2 aromatic rings. The molecule has 0 aliphatic rings. The van der Waals surface area contributed by atoms with E-state index in [4.69, 9.17) is 10.2 Å². The fraction of sp³-hybridized carbons (Fsp3) is 0. The topological polar surface area (TPSA) is 74.6 Å². The van der Waals surface area contributed by atoms with E-state index in [1.54, 1.807) is 0 Å². The van der Waals surface area contributed by atoms with Gasteiger partial charge < -0.3 is 10.2 Å². The molecule has 2 heterocycles. The average molecular weight is 252 g/mol. The number of thiophene rings is 2. The summed E-state index contributed by atoms with van der Waals surface area (Å²) >= 11 is 2.18. The molecule has 0 bridgehead atoms. The van der Waals surface area contributed by atoms with Crippen molar-refractivity contribution in [1.29, 1.82) is 0 Å². The monoisotopic (exact) mass is 252 g/mol. The Morgan fingerprint density at radius 1 is 0.933 bits per heavy atom. The first-order chi connectivity index (χ1) is 6.58. The third-order valence-corrected chi connectivity index (χ3v) is 3.90. The quantitative estimate of drug-likeness (QED) is 0.798. The van der Waals surface area contributed by atoms with Crippen LogP contribution in [-0.2, 0) is 0 Å². The van der Waals surface area contributed by atoms with Gasteiger partial charge in [0.25, 0.3) is 0 Å². The summed E-state index contributed by atoms with van der Waals surface area (Å²) < 4.78 is 1.43. The normalized spacial score (nSPS) is 9.87. The number of carboxylic acids is 2. The molecule has 0 amide bonds. The molecule has 2 N–H and O–H groups in total. The molecule has 0 unspecified atom stereocenters. The van der Waals surface area contributed by atoms with Crippen LogP contribution in [0.25, 0.3) is 9.40 Å². The molecule has 0 atom stereocenters. The van der Waals surface area contributed by atoms with E-state index in [-0.39, 0.29) is 39.3 Å². The first kappa shape index (κ1) is 12.7. The second kappa shape index (κ2) is 4.63. The number of carbonyl (C=O) groups is 2. The van der Waals surface area contributed by atoms with E-state index < -0.39 is 11.9 Å². The van der Waals surface area contributed by atoms with Crippen molar-refractivity contribution in [3.05, 3.63) is 21.9 Å². The van der Waals surface area contributed by atoms with Crippen LogP contribution < -0.4 is 0 Å². The maximum absolute atomic E-state index is 10.6. The predicted octanol–water partition coefficient (Wildman–Crippen LogP) is 1.71. The van der Waals surface area contributed by atoms with Gasteiger partial charge in [-0.05, 0) is 12.1 Å². The van der Waals surface area contributed by atoms with Crippen molar-refractivity contribution in [2.24, 2.45) is 0 Å². The van der Waals surface area contributed by atoms with Gasteiger partial charge in [0.05, 0.1) is 0 Å². The van der Waals surface area contributed by atoms with Crippen molar-refractivity contribution < 1.29 is 19.8 Å². The number of rotatable bonds is 2. The molecule has 0 saturated carbocycles. The molecule has 74 valence electrons. The standard InChI is InChI=1S/C8H4O4S2.Na.H/c9-7(10)5-1-3-4(14-5)2-6(13-3)8(11)12;;/h1-2H,(H,9,10)(H,11,12);;. The molecule has 15 heavy (non-hydrogen) atoms. The fourth-order valence-electron chi connectivity index (χ4n) is 1.05. The van der Waals surface area contributed by atoms with E-state index in [0.29, 0.717) is 9.40 Å². The minimum atomic E-state index is -0.977. The molecule has 2 rings (SSSR count). The average Bonchev–Trinajstić information content (AvgIpc) is 2.57. The summed E-state index contributed by atoms with van der Waals surface area (Å²) in [6.45, 7) is 0. The molecular formula is C8H5NaO4S2. The van der Waals surface area contributed by atoms with Crippen molar-refractivity contribution in [3.63, 3.8) is 0 Å². The summed E-state index contributed by atoms with van der Waals surface area (Å²) in [5.41, 5.74) is 0. The number of fused-ring (bicyclic) bond motifs is 1. The van der Waals surface area contributed by atoms with Crippen LogP contribution in [0.3, 0.4) is 0 Å². The van der Waals surface area contributed by atoms with Crippen LogP contribution in [0, 0.1) is 0 Å². The van der Waals surface area contributed by atoms with E-state index in [9.17, 15) is 9.59 Å². The SMILES string of the molecule is O=C(O)c1cc2sc(C(=O)O)cc2s1.[NaH]. The molecule has 0 saturated heterocycles. The van der Waals surface area contributed by atoms with Gasteiger partial charge in [-0.1, -0.05) is 0 Å². The fourth-order valence-corrected chi connectivity index (χ4v) is 3.12. The Bertz CT molecular complexity index is 453. The van der Waals surface area contributed by atoms with Gasteiger partial charge >= 0.3 is 41.5 Å². The molecule has 2 aromatic heterocycles. The second-order valence-corrected chi connectivity index (χ2v) is 4.73. The second-order valence-electron chi connectivity index (χ2n) is 2.56. The van der Waals surface area contributed by atoms with Crippen LogP contribution in [0.4, 0.5) is 0 Å². The number of hydrogen-bond donors (Lipinski definition) is 2. The molecule has 4 nitrogen and oxygen atoms in total. The summed E-state index contributed by atoms with van der Waals surface area (Å²) in [6, 6.07) is 3.00. The number of aromatic carboxylic acids is 2. The first-order valence-electron chi connectivity index (χ1n) is 3.58. The van der Waals surface area contributed by atoms with Crippen LogP contribution in [0.1, 0.15) is 19.3 Å². The summed E-state index contributed by atoms with van der Waals surface area (Å²) in [5, 5.41) is 17.4. The van der Waals surface area contributed by atoms with Crippen LogP contribution in [0.2, 0.25) is 0 Å². The van der Waals surface area contributed by atoms with Crippen LogP contribution in [-0.4, -0.2) is 51.7 Å². The third-order valence-electron chi connectivity index (χ3n) is 1.63. The van der Waals surface area contributed by atoms with Crippen LogP contribution in [0.5, 0.6) is 0 Å². The summed E-state index contributed by atoms with van der Waals surface area (Å²) in [4.78, 5) is 21.7. The van der Waals surface area contributed by atoms with Crippen LogP contribution in [0.15, 0.2) is 12.1 Å². The Balaban J connectivity index is 0.00000112. The first-order valence-corrected chi connectivity index (χ1v) is 5.21. The Labute approximate surface area is 114 Å². The van der Waals surface area contributed by atoms with Gasteiger partial charge in [-0.25, -0.2) is 9.59 Å². The van der Waals surface area contributed by atoms with Crippen molar-refractivity contribution in [2.45, 2.75) is 0 Å². The number of carboxylic acid groups (broad SMARTS) is 2. The Hall–Kier alpha value is -0.400. The van der Waals surface area contributed by atoms with Gasteiger partial charge in [0.2, 0.25) is 0 Å².